The maximum absolute atomic E-state index is 3.98. The van der Waals surface area contributed by atoms with Gasteiger partial charge in [-0.2, -0.15) is 10.9 Å². The molecule has 0 saturated heterocycles. The number of hydrogen-bond acceptors (Lipinski definition) is 3. The molecule has 3 aromatic rings. The smallest absolute Gasteiger partial charge is 1.00 e. The van der Waals surface area contributed by atoms with E-state index in [9.17, 15) is 0 Å². The Kier molecular flexibility index (Phi) is 9.98. The van der Waals surface area contributed by atoms with E-state index in [1.165, 1.54) is 21.9 Å². The van der Waals surface area contributed by atoms with E-state index in [-0.39, 0.29) is 50.7 Å². The number of tetrazole rings is 1. The van der Waals surface area contributed by atoms with Gasteiger partial charge in [-0.1, -0.05) is 6.07 Å². The summed E-state index contributed by atoms with van der Waals surface area (Å²) in [5.74, 6) is 0. The zero-order valence-electron chi connectivity index (χ0n) is 11.5. The van der Waals surface area contributed by atoms with Crippen LogP contribution in [0.15, 0.2) is 61.0 Å². The molecular formula is C15H12Cl2HfN4. The van der Waals surface area contributed by atoms with Gasteiger partial charge in [0.15, 0.2) is 6.33 Å². The second-order valence-corrected chi connectivity index (χ2v) is 4.07. The van der Waals surface area contributed by atoms with Crippen LogP contribution in [0.4, 0.5) is 0 Å². The van der Waals surface area contributed by atoms with E-state index in [4.69, 9.17) is 0 Å². The number of halogens is 2. The number of aromatic nitrogens is 4. The monoisotopic (exact) mass is 498 g/mol. The average molecular weight is 498 g/mol. The SMILES string of the molecule is [C-]1=CC=CC1.[Cl-].[Cl-].[Hf+4].c1ccc2[cH-]c(-n3ncnn3)cc2c1. The maximum atomic E-state index is 3.98. The zero-order chi connectivity index (χ0) is 12.9. The third-order valence-corrected chi connectivity index (χ3v) is 2.77. The van der Waals surface area contributed by atoms with E-state index in [1.807, 2.05) is 36.4 Å². The van der Waals surface area contributed by atoms with Crippen LogP contribution in [-0.2, 0) is 25.8 Å². The van der Waals surface area contributed by atoms with E-state index < -0.39 is 0 Å². The van der Waals surface area contributed by atoms with Gasteiger partial charge in [-0.15, -0.1) is 57.7 Å². The summed E-state index contributed by atoms with van der Waals surface area (Å²) in [6.45, 7) is 0. The van der Waals surface area contributed by atoms with Crippen molar-refractivity contribution in [3.63, 3.8) is 0 Å². The summed E-state index contributed by atoms with van der Waals surface area (Å²) < 4.78 is 0. The fraction of sp³-hybridized carbons (Fsp3) is 0.0667. The molecule has 0 N–H and O–H groups in total. The molecular weight excluding hydrogens is 486 g/mol. The van der Waals surface area contributed by atoms with Crippen molar-refractivity contribution >= 4 is 10.8 Å². The van der Waals surface area contributed by atoms with Gasteiger partial charge in [-0.3, -0.25) is 6.08 Å². The summed E-state index contributed by atoms with van der Waals surface area (Å²) in [6.07, 6.45) is 11.4. The van der Waals surface area contributed by atoms with Crippen LogP contribution < -0.4 is 24.8 Å². The first-order valence-electron chi connectivity index (χ1n) is 6.04. The number of nitrogens with zero attached hydrogens (tertiary/aromatic N) is 4. The Hall–Kier alpha value is -1.17. The predicted molar refractivity (Wildman–Crippen MR) is 73.8 cm³/mol. The molecule has 1 aliphatic rings. The van der Waals surface area contributed by atoms with Gasteiger partial charge < -0.3 is 24.8 Å². The Morgan fingerprint density at radius 3 is 2.55 bits per heavy atom. The molecule has 0 saturated carbocycles. The molecule has 0 fully saturated rings. The second kappa shape index (κ2) is 10.5. The van der Waals surface area contributed by atoms with Gasteiger partial charge in [-0.05, 0) is 10.9 Å². The van der Waals surface area contributed by atoms with Crippen molar-refractivity contribution in [1.82, 2.24) is 20.2 Å². The zero-order valence-corrected chi connectivity index (χ0v) is 16.6. The summed E-state index contributed by atoms with van der Waals surface area (Å²) in [5.41, 5.74) is 0.948. The van der Waals surface area contributed by atoms with Gasteiger partial charge in [-0.25, -0.2) is 12.2 Å². The number of fused-ring (bicyclic) bond motifs is 1. The fourth-order valence-corrected chi connectivity index (χ4v) is 1.88. The van der Waals surface area contributed by atoms with Gasteiger partial charge in [0.05, 0.1) is 0 Å². The van der Waals surface area contributed by atoms with Crippen LogP contribution in [0.1, 0.15) is 6.42 Å². The van der Waals surface area contributed by atoms with E-state index in [1.54, 1.807) is 0 Å². The number of hydrogen-bond donors (Lipinski definition) is 0. The molecule has 0 unspecified atom stereocenters. The minimum absolute atomic E-state index is 0. The number of rotatable bonds is 1. The molecule has 0 radical (unpaired) electrons. The van der Waals surface area contributed by atoms with E-state index >= 15 is 0 Å². The van der Waals surface area contributed by atoms with Crippen molar-refractivity contribution in [1.29, 1.82) is 0 Å². The van der Waals surface area contributed by atoms with Crippen LogP contribution in [0.2, 0.25) is 0 Å². The van der Waals surface area contributed by atoms with Crippen molar-refractivity contribution in [3.8, 4) is 5.69 Å². The predicted octanol–water partition coefficient (Wildman–Crippen LogP) is -3.15. The molecule has 0 atom stereocenters. The first kappa shape index (κ1) is 20.8. The minimum atomic E-state index is 0. The quantitative estimate of drug-likeness (QED) is 0.264. The Bertz CT molecular complexity index is 677. The second-order valence-electron chi connectivity index (χ2n) is 4.07. The van der Waals surface area contributed by atoms with Crippen molar-refractivity contribution in [2.24, 2.45) is 0 Å². The number of allylic oxidation sites excluding steroid dienone is 4. The first-order chi connectivity index (χ1) is 9.43. The van der Waals surface area contributed by atoms with Crippen molar-refractivity contribution in [2.75, 3.05) is 0 Å². The maximum Gasteiger partial charge on any atom is 4.00 e. The van der Waals surface area contributed by atoms with Gasteiger partial charge in [0.25, 0.3) is 0 Å². The molecule has 0 aliphatic heterocycles. The Morgan fingerprint density at radius 2 is 2.00 bits per heavy atom. The first-order valence-corrected chi connectivity index (χ1v) is 6.04. The molecule has 1 aliphatic carbocycles. The van der Waals surface area contributed by atoms with Crippen molar-refractivity contribution in [3.05, 3.63) is 67.0 Å². The summed E-state index contributed by atoms with van der Waals surface area (Å²) in [7, 11) is 0. The third-order valence-electron chi connectivity index (χ3n) is 2.77. The molecule has 1 aromatic heterocycles. The average Bonchev–Trinajstić information content (AvgIpc) is 3.20. The van der Waals surface area contributed by atoms with Gasteiger partial charge in [0.1, 0.15) is 0 Å². The van der Waals surface area contributed by atoms with Crippen LogP contribution in [-0.4, -0.2) is 20.2 Å². The molecule has 0 spiro atoms. The topological polar surface area (TPSA) is 43.6 Å². The van der Waals surface area contributed by atoms with Crippen LogP contribution in [0.3, 0.4) is 0 Å². The van der Waals surface area contributed by atoms with Crippen LogP contribution in [0.5, 0.6) is 0 Å². The van der Waals surface area contributed by atoms with Crippen molar-refractivity contribution in [2.45, 2.75) is 6.42 Å². The molecule has 4 rings (SSSR count). The Labute approximate surface area is 160 Å². The third kappa shape index (κ3) is 5.23. The minimum Gasteiger partial charge on any atom is -1.00 e. The molecule has 4 nitrogen and oxygen atoms in total. The molecule has 22 heavy (non-hydrogen) atoms. The van der Waals surface area contributed by atoms with Crippen LogP contribution in [0, 0.1) is 6.08 Å². The largest absolute Gasteiger partial charge is 4.00 e. The fourth-order valence-electron chi connectivity index (χ4n) is 1.88. The molecule has 0 bridgehead atoms. The van der Waals surface area contributed by atoms with E-state index in [0.29, 0.717) is 0 Å². The van der Waals surface area contributed by atoms with Crippen LogP contribution in [0.25, 0.3) is 16.5 Å². The van der Waals surface area contributed by atoms with Gasteiger partial charge in [0.2, 0.25) is 0 Å². The number of benzene rings is 1. The molecule has 0 amide bonds. The summed E-state index contributed by atoms with van der Waals surface area (Å²) in [6, 6.07) is 12.2. The van der Waals surface area contributed by atoms with E-state index in [0.717, 1.165) is 12.1 Å². The van der Waals surface area contributed by atoms with Gasteiger partial charge >= 0.3 is 25.8 Å². The summed E-state index contributed by atoms with van der Waals surface area (Å²) in [5, 5.41) is 13.9. The molecule has 110 valence electrons. The van der Waals surface area contributed by atoms with Crippen molar-refractivity contribution < 1.29 is 50.7 Å². The Balaban J connectivity index is 0.000000482. The molecule has 7 heteroatoms. The normalized spacial score (nSPS) is 10.9. The summed E-state index contributed by atoms with van der Waals surface area (Å²) >= 11 is 0. The standard InChI is InChI=1S/C10H7N4.C5H5.2ClH.Hf/c1-2-4-9-6-10(5-8(9)3-1)14-12-7-11-13-14;1-2-4-5-3-1;;;/h1-7H;1-3H,4H2;2*1H;/q2*-1;;;+4/p-2. The van der Waals surface area contributed by atoms with Crippen LogP contribution >= 0.6 is 0 Å². The molecule has 1 heterocycles. The summed E-state index contributed by atoms with van der Waals surface area (Å²) in [4.78, 5) is 1.51. The Morgan fingerprint density at radius 1 is 1.18 bits per heavy atom. The molecule has 2 aromatic carbocycles. The van der Waals surface area contributed by atoms with Gasteiger partial charge in [0, 0.05) is 0 Å². The van der Waals surface area contributed by atoms with E-state index in [2.05, 4.69) is 39.7 Å².